The van der Waals surface area contributed by atoms with Gasteiger partial charge in [0.15, 0.2) is 0 Å². The van der Waals surface area contributed by atoms with Crippen LogP contribution < -0.4 is 10.6 Å². The molecule has 0 fully saturated rings. The molecule has 0 saturated carbocycles. The van der Waals surface area contributed by atoms with Crippen molar-refractivity contribution < 1.29 is 4.79 Å². The molecular weight excluding hydrogens is 256 g/mol. The van der Waals surface area contributed by atoms with Gasteiger partial charge in [-0.2, -0.15) is 0 Å². The van der Waals surface area contributed by atoms with E-state index in [1.54, 1.807) is 0 Å². The first-order valence-corrected chi connectivity index (χ1v) is 6.48. The third kappa shape index (κ3) is 4.03. The van der Waals surface area contributed by atoms with Gasteiger partial charge in [0, 0.05) is 11.4 Å². The van der Waals surface area contributed by atoms with Gasteiger partial charge >= 0.3 is 6.03 Å². The molecule has 0 aliphatic rings. The maximum Gasteiger partial charge on any atom is 0.319 e. The maximum atomic E-state index is 11.7. The summed E-state index contributed by atoms with van der Waals surface area (Å²) in [6, 6.07) is 15.2. The average molecular weight is 272 g/mol. The molecule has 2 amide bonds. The van der Waals surface area contributed by atoms with E-state index in [-0.39, 0.29) is 6.03 Å². The molecular formula is C15H16N2OS. The zero-order valence-corrected chi connectivity index (χ0v) is 11.6. The van der Waals surface area contributed by atoms with Crippen LogP contribution in [0.15, 0.2) is 53.4 Å². The van der Waals surface area contributed by atoms with Crippen molar-refractivity contribution in [3.05, 3.63) is 59.7 Å². The summed E-state index contributed by atoms with van der Waals surface area (Å²) in [5, 5.41) is 5.58. The van der Waals surface area contributed by atoms with Crippen LogP contribution in [0.5, 0.6) is 0 Å². The van der Waals surface area contributed by atoms with Gasteiger partial charge in [0.05, 0.1) is 5.69 Å². The maximum absolute atomic E-state index is 11.7. The lowest BCUT2D eigenvalue weighted by Crippen LogP contribution is -2.28. The summed E-state index contributed by atoms with van der Waals surface area (Å²) in [6.45, 7) is 2.54. The predicted molar refractivity (Wildman–Crippen MR) is 80.7 cm³/mol. The first-order chi connectivity index (χ1) is 9.15. The summed E-state index contributed by atoms with van der Waals surface area (Å²) >= 11 is 4.28. The van der Waals surface area contributed by atoms with E-state index in [4.69, 9.17) is 0 Å². The van der Waals surface area contributed by atoms with E-state index in [9.17, 15) is 4.79 Å². The molecule has 0 aliphatic heterocycles. The highest BCUT2D eigenvalue weighted by Gasteiger charge is 2.03. The fourth-order valence-corrected chi connectivity index (χ4v) is 1.85. The number of hydrogen-bond acceptors (Lipinski definition) is 2. The number of benzene rings is 2. The lowest BCUT2D eigenvalue weighted by molar-refractivity contribution is 0.251. The van der Waals surface area contributed by atoms with Gasteiger partial charge in [-0.15, -0.1) is 12.6 Å². The summed E-state index contributed by atoms with van der Waals surface area (Å²) in [4.78, 5) is 12.5. The minimum atomic E-state index is -0.234. The molecule has 0 spiro atoms. The Bertz CT molecular complexity index is 567. The molecule has 19 heavy (non-hydrogen) atoms. The van der Waals surface area contributed by atoms with Gasteiger partial charge in [0.2, 0.25) is 0 Å². The van der Waals surface area contributed by atoms with E-state index >= 15 is 0 Å². The van der Waals surface area contributed by atoms with Crippen LogP contribution in [-0.2, 0) is 6.54 Å². The third-order valence-corrected chi connectivity index (χ3v) is 3.12. The van der Waals surface area contributed by atoms with Gasteiger partial charge in [-0.3, -0.25) is 0 Å². The highest BCUT2D eigenvalue weighted by Crippen LogP contribution is 2.18. The molecule has 0 aliphatic carbocycles. The summed E-state index contributed by atoms with van der Waals surface area (Å²) in [5.74, 6) is 0. The first kappa shape index (κ1) is 13.5. The number of carbonyl (C=O) groups is 1. The number of hydrogen-bond donors (Lipinski definition) is 3. The van der Waals surface area contributed by atoms with Crippen LogP contribution in [0.1, 0.15) is 11.1 Å². The van der Waals surface area contributed by atoms with Gasteiger partial charge < -0.3 is 10.6 Å². The molecule has 4 heteroatoms. The number of aryl methyl sites for hydroxylation is 1. The Hall–Kier alpha value is -1.94. The Morgan fingerprint density at radius 2 is 1.79 bits per heavy atom. The van der Waals surface area contributed by atoms with Crippen LogP contribution in [0, 0.1) is 6.92 Å². The summed E-state index contributed by atoms with van der Waals surface area (Å²) in [6.07, 6.45) is 0. The number of thiol groups is 1. The summed E-state index contributed by atoms with van der Waals surface area (Å²) < 4.78 is 0. The lowest BCUT2D eigenvalue weighted by atomic mass is 10.1. The van der Waals surface area contributed by atoms with Gasteiger partial charge in [-0.05, 0) is 24.6 Å². The smallest absolute Gasteiger partial charge is 0.319 e. The Morgan fingerprint density at radius 1 is 1.11 bits per heavy atom. The van der Waals surface area contributed by atoms with E-state index in [0.29, 0.717) is 12.2 Å². The molecule has 0 radical (unpaired) electrons. The van der Waals surface area contributed by atoms with Crippen molar-refractivity contribution in [2.45, 2.75) is 18.4 Å². The Kier molecular flexibility index (Phi) is 4.47. The number of nitrogens with one attached hydrogen (secondary N) is 2. The highest BCUT2D eigenvalue weighted by molar-refractivity contribution is 7.80. The molecule has 0 bridgehead atoms. The van der Waals surface area contributed by atoms with E-state index in [2.05, 4.69) is 23.3 Å². The topological polar surface area (TPSA) is 41.1 Å². The second-order valence-electron chi connectivity index (χ2n) is 4.31. The Balaban J connectivity index is 1.88. The Labute approximate surface area is 118 Å². The molecule has 2 rings (SSSR count). The molecule has 0 unspecified atom stereocenters. The molecule has 98 valence electrons. The van der Waals surface area contributed by atoms with Crippen molar-refractivity contribution in [2.75, 3.05) is 5.32 Å². The molecule has 0 aromatic heterocycles. The van der Waals surface area contributed by atoms with Crippen molar-refractivity contribution in [3.8, 4) is 0 Å². The summed E-state index contributed by atoms with van der Waals surface area (Å²) in [7, 11) is 0. The second-order valence-corrected chi connectivity index (χ2v) is 4.79. The van der Waals surface area contributed by atoms with Gasteiger partial charge in [0.25, 0.3) is 0 Å². The quantitative estimate of drug-likeness (QED) is 0.734. The number of carbonyl (C=O) groups excluding carboxylic acids is 1. The molecule has 2 N–H and O–H groups in total. The van der Waals surface area contributed by atoms with Crippen LogP contribution in [0.3, 0.4) is 0 Å². The molecule has 3 nitrogen and oxygen atoms in total. The second kappa shape index (κ2) is 6.29. The van der Waals surface area contributed by atoms with Gasteiger partial charge in [0.1, 0.15) is 0 Å². The molecule has 0 atom stereocenters. The number of urea groups is 1. The Morgan fingerprint density at radius 3 is 2.47 bits per heavy atom. The number of para-hydroxylation sites is 1. The van der Waals surface area contributed by atoms with E-state index in [0.717, 1.165) is 10.5 Å². The van der Waals surface area contributed by atoms with Crippen molar-refractivity contribution in [1.29, 1.82) is 0 Å². The third-order valence-electron chi connectivity index (χ3n) is 2.73. The first-order valence-electron chi connectivity index (χ1n) is 6.03. The lowest BCUT2D eigenvalue weighted by Gasteiger charge is -2.09. The van der Waals surface area contributed by atoms with Crippen LogP contribution in [0.4, 0.5) is 10.5 Å². The van der Waals surface area contributed by atoms with Crippen molar-refractivity contribution in [3.63, 3.8) is 0 Å². The molecule has 2 aromatic rings. The van der Waals surface area contributed by atoms with Gasteiger partial charge in [-0.25, -0.2) is 4.79 Å². The minimum Gasteiger partial charge on any atom is -0.334 e. The van der Waals surface area contributed by atoms with Crippen LogP contribution in [0.2, 0.25) is 0 Å². The highest BCUT2D eigenvalue weighted by atomic mass is 32.1. The fourth-order valence-electron chi connectivity index (χ4n) is 1.63. The number of rotatable bonds is 3. The zero-order chi connectivity index (χ0) is 13.7. The average Bonchev–Trinajstić information content (AvgIpc) is 2.41. The predicted octanol–water partition coefficient (Wildman–Crippen LogP) is 3.61. The van der Waals surface area contributed by atoms with Crippen LogP contribution >= 0.6 is 12.6 Å². The van der Waals surface area contributed by atoms with E-state index in [1.165, 1.54) is 5.56 Å². The zero-order valence-electron chi connectivity index (χ0n) is 10.7. The van der Waals surface area contributed by atoms with Crippen molar-refractivity contribution in [2.24, 2.45) is 0 Å². The van der Waals surface area contributed by atoms with E-state index < -0.39 is 0 Å². The van der Waals surface area contributed by atoms with Crippen LogP contribution in [-0.4, -0.2) is 6.03 Å². The SMILES string of the molecule is Cc1ccc(CNC(=O)Nc2ccccc2S)cc1. The largest absolute Gasteiger partial charge is 0.334 e. The number of amides is 2. The van der Waals surface area contributed by atoms with E-state index in [1.807, 2.05) is 55.5 Å². The normalized spacial score (nSPS) is 10.0. The van der Waals surface area contributed by atoms with Crippen molar-refractivity contribution in [1.82, 2.24) is 5.32 Å². The monoisotopic (exact) mass is 272 g/mol. The molecule has 0 heterocycles. The van der Waals surface area contributed by atoms with Crippen LogP contribution in [0.25, 0.3) is 0 Å². The molecule has 2 aromatic carbocycles. The minimum absolute atomic E-state index is 0.234. The van der Waals surface area contributed by atoms with Gasteiger partial charge in [-0.1, -0.05) is 42.0 Å². The standard InChI is InChI=1S/C15H16N2OS/c1-11-6-8-12(9-7-11)10-16-15(18)17-13-4-2-3-5-14(13)19/h2-9,19H,10H2,1H3,(H2,16,17,18). The van der Waals surface area contributed by atoms with Crippen molar-refractivity contribution >= 4 is 24.3 Å². The molecule has 0 saturated heterocycles. The summed E-state index contributed by atoms with van der Waals surface area (Å²) in [5.41, 5.74) is 2.98. The fraction of sp³-hybridized carbons (Fsp3) is 0.133. The number of anilines is 1.